The first-order valence-corrected chi connectivity index (χ1v) is 5.58. The quantitative estimate of drug-likeness (QED) is 0.748. The van der Waals surface area contributed by atoms with Crippen LogP contribution in [0.1, 0.15) is 34.6 Å². The lowest BCUT2D eigenvalue weighted by Gasteiger charge is -2.29. The second-order valence-electron chi connectivity index (χ2n) is 5.24. The first kappa shape index (κ1) is 12.9. The molecule has 0 aromatic carbocycles. The second kappa shape index (κ2) is 4.76. The van der Waals surface area contributed by atoms with Crippen molar-refractivity contribution < 1.29 is 14.3 Å². The number of nitrogens with one attached hydrogen (secondary N) is 1. The van der Waals surface area contributed by atoms with Gasteiger partial charge in [0.25, 0.3) is 0 Å². The Morgan fingerprint density at radius 3 is 2.75 bits per heavy atom. The first-order valence-electron chi connectivity index (χ1n) is 5.58. The molecule has 1 rings (SSSR count). The third-order valence-electron chi connectivity index (χ3n) is 2.28. The molecule has 0 aliphatic carbocycles. The normalized spacial score (nSPS) is 25.4. The Hall–Kier alpha value is -1.19. The fourth-order valence-corrected chi connectivity index (χ4v) is 1.46. The van der Waals surface area contributed by atoms with Crippen molar-refractivity contribution in [2.24, 2.45) is 5.92 Å². The number of allylic oxidation sites excluding steroid dienone is 1. The number of ether oxygens (including phenoxy) is 2. The highest BCUT2D eigenvalue weighted by Gasteiger charge is 2.24. The van der Waals surface area contributed by atoms with Gasteiger partial charge in [-0.3, -0.25) is 0 Å². The summed E-state index contributed by atoms with van der Waals surface area (Å²) in [7, 11) is 0. The number of hydrogen-bond donors (Lipinski definition) is 1. The van der Waals surface area contributed by atoms with Gasteiger partial charge in [-0.1, -0.05) is 6.92 Å². The van der Waals surface area contributed by atoms with Crippen LogP contribution >= 0.6 is 0 Å². The van der Waals surface area contributed by atoms with E-state index in [1.165, 1.54) is 0 Å². The molecule has 4 heteroatoms. The molecule has 1 heterocycles. The zero-order valence-corrected chi connectivity index (χ0v) is 10.7. The molecule has 1 aliphatic rings. The molecule has 0 spiro atoms. The second-order valence-corrected chi connectivity index (χ2v) is 5.24. The van der Waals surface area contributed by atoms with Crippen LogP contribution in [-0.4, -0.2) is 24.3 Å². The van der Waals surface area contributed by atoms with Gasteiger partial charge >= 0.3 is 6.09 Å². The minimum atomic E-state index is -0.461. The zero-order chi connectivity index (χ0) is 12.3. The number of alkyl carbamates (subject to hydrolysis) is 1. The maximum atomic E-state index is 11.6. The molecule has 0 unspecified atom stereocenters. The standard InChI is InChI=1S/C12H21NO3/c1-8-7-15-9(2)6-10(8)13-11(14)16-12(3,4)5/h6,8,10H,7H2,1-5H3,(H,13,14)/t8-,10-/m0/s1. The lowest BCUT2D eigenvalue weighted by Crippen LogP contribution is -2.44. The summed E-state index contributed by atoms with van der Waals surface area (Å²) in [6.45, 7) is 10.1. The average molecular weight is 227 g/mol. The van der Waals surface area contributed by atoms with Crippen LogP contribution in [-0.2, 0) is 9.47 Å². The molecule has 0 aromatic heterocycles. The monoisotopic (exact) mass is 227 g/mol. The summed E-state index contributed by atoms with van der Waals surface area (Å²) in [5, 5.41) is 2.84. The largest absolute Gasteiger partial charge is 0.498 e. The Morgan fingerprint density at radius 2 is 2.19 bits per heavy atom. The molecule has 92 valence electrons. The topological polar surface area (TPSA) is 47.6 Å². The fourth-order valence-electron chi connectivity index (χ4n) is 1.46. The van der Waals surface area contributed by atoms with E-state index in [9.17, 15) is 4.79 Å². The minimum absolute atomic E-state index is 0.0106. The van der Waals surface area contributed by atoms with Gasteiger partial charge in [0.05, 0.1) is 18.4 Å². The minimum Gasteiger partial charge on any atom is -0.498 e. The molecule has 0 saturated carbocycles. The third kappa shape index (κ3) is 4.13. The molecule has 0 aromatic rings. The van der Waals surface area contributed by atoms with Crippen molar-refractivity contribution in [3.05, 3.63) is 11.8 Å². The predicted molar refractivity (Wildman–Crippen MR) is 62.0 cm³/mol. The van der Waals surface area contributed by atoms with E-state index in [1.54, 1.807) is 0 Å². The number of carbonyl (C=O) groups excluding carboxylic acids is 1. The molecule has 2 atom stereocenters. The Bertz CT molecular complexity index is 291. The van der Waals surface area contributed by atoms with Gasteiger partial charge in [-0.2, -0.15) is 0 Å². The van der Waals surface area contributed by atoms with Crippen molar-refractivity contribution in [1.82, 2.24) is 5.32 Å². The molecule has 4 nitrogen and oxygen atoms in total. The van der Waals surface area contributed by atoms with Crippen molar-refractivity contribution in [2.75, 3.05) is 6.61 Å². The Balaban J connectivity index is 2.53. The van der Waals surface area contributed by atoms with Gasteiger partial charge < -0.3 is 14.8 Å². The third-order valence-corrected chi connectivity index (χ3v) is 2.28. The van der Waals surface area contributed by atoms with Crippen LogP contribution in [0.4, 0.5) is 4.79 Å². The van der Waals surface area contributed by atoms with Crippen molar-refractivity contribution in [3.8, 4) is 0 Å². The SMILES string of the molecule is CC1=C[C@H](NC(=O)OC(C)(C)C)[C@@H](C)CO1. The van der Waals surface area contributed by atoms with Crippen LogP contribution in [0.25, 0.3) is 0 Å². The number of carbonyl (C=O) groups is 1. The maximum absolute atomic E-state index is 11.6. The summed E-state index contributed by atoms with van der Waals surface area (Å²) in [5.41, 5.74) is -0.461. The summed E-state index contributed by atoms with van der Waals surface area (Å²) >= 11 is 0. The highest BCUT2D eigenvalue weighted by atomic mass is 16.6. The molecule has 0 bridgehead atoms. The lowest BCUT2D eigenvalue weighted by molar-refractivity contribution is 0.0471. The van der Waals surface area contributed by atoms with Gasteiger partial charge in [-0.15, -0.1) is 0 Å². The van der Waals surface area contributed by atoms with E-state index in [0.29, 0.717) is 6.61 Å². The van der Waals surface area contributed by atoms with Gasteiger partial charge in [0, 0.05) is 5.92 Å². The van der Waals surface area contributed by atoms with E-state index < -0.39 is 5.60 Å². The molecular weight excluding hydrogens is 206 g/mol. The van der Waals surface area contributed by atoms with Crippen molar-refractivity contribution in [2.45, 2.75) is 46.3 Å². The van der Waals surface area contributed by atoms with Crippen LogP contribution < -0.4 is 5.32 Å². The van der Waals surface area contributed by atoms with Crippen molar-refractivity contribution >= 4 is 6.09 Å². The molecule has 0 fully saturated rings. The summed E-state index contributed by atoms with van der Waals surface area (Å²) in [4.78, 5) is 11.6. The Kier molecular flexibility index (Phi) is 3.83. The van der Waals surface area contributed by atoms with E-state index in [1.807, 2.05) is 40.7 Å². The highest BCUT2D eigenvalue weighted by molar-refractivity contribution is 5.68. The van der Waals surface area contributed by atoms with Gasteiger partial charge in [0.1, 0.15) is 5.60 Å². The summed E-state index contributed by atoms with van der Waals surface area (Å²) in [5.74, 6) is 1.11. The summed E-state index contributed by atoms with van der Waals surface area (Å²) in [6, 6.07) is -0.0106. The number of rotatable bonds is 1. The van der Waals surface area contributed by atoms with E-state index in [2.05, 4.69) is 5.32 Å². The smallest absolute Gasteiger partial charge is 0.408 e. The van der Waals surface area contributed by atoms with Gasteiger partial charge in [-0.05, 0) is 33.8 Å². The first-order chi connectivity index (χ1) is 7.28. The van der Waals surface area contributed by atoms with E-state index in [-0.39, 0.29) is 18.1 Å². The zero-order valence-electron chi connectivity index (χ0n) is 10.7. The van der Waals surface area contributed by atoms with Crippen molar-refractivity contribution in [3.63, 3.8) is 0 Å². The fraction of sp³-hybridized carbons (Fsp3) is 0.750. The van der Waals surface area contributed by atoms with Crippen LogP contribution in [0.5, 0.6) is 0 Å². The van der Waals surface area contributed by atoms with Crippen LogP contribution in [0.3, 0.4) is 0 Å². The summed E-state index contributed by atoms with van der Waals surface area (Å²) in [6.07, 6.45) is 1.54. The van der Waals surface area contributed by atoms with E-state index >= 15 is 0 Å². The molecule has 0 saturated heterocycles. The van der Waals surface area contributed by atoms with Crippen molar-refractivity contribution in [1.29, 1.82) is 0 Å². The van der Waals surface area contributed by atoms with Gasteiger partial charge in [0.15, 0.2) is 0 Å². The number of amides is 1. The van der Waals surface area contributed by atoms with Gasteiger partial charge in [0.2, 0.25) is 0 Å². The Morgan fingerprint density at radius 1 is 1.56 bits per heavy atom. The molecule has 1 aliphatic heterocycles. The maximum Gasteiger partial charge on any atom is 0.408 e. The molecule has 1 N–H and O–H groups in total. The number of hydrogen-bond acceptors (Lipinski definition) is 3. The molecular formula is C12H21NO3. The van der Waals surface area contributed by atoms with E-state index in [0.717, 1.165) is 5.76 Å². The summed E-state index contributed by atoms with van der Waals surface area (Å²) < 4.78 is 10.6. The predicted octanol–water partition coefficient (Wildman–Crippen LogP) is 2.45. The lowest BCUT2D eigenvalue weighted by atomic mass is 10.0. The molecule has 0 radical (unpaired) electrons. The molecule has 1 amide bonds. The highest BCUT2D eigenvalue weighted by Crippen LogP contribution is 2.16. The Labute approximate surface area is 97.0 Å². The van der Waals surface area contributed by atoms with Gasteiger partial charge in [-0.25, -0.2) is 4.79 Å². The van der Waals surface area contributed by atoms with Crippen LogP contribution in [0, 0.1) is 5.92 Å². The van der Waals surface area contributed by atoms with Crippen LogP contribution in [0.2, 0.25) is 0 Å². The van der Waals surface area contributed by atoms with Crippen LogP contribution in [0.15, 0.2) is 11.8 Å². The average Bonchev–Trinajstić information content (AvgIpc) is 2.08. The van der Waals surface area contributed by atoms with E-state index in [4.69, 9.17) is 9.47 Å². The molecule has 16 heavy (non-hydrogen) atoms.